The van der Waals surface area contributed by atoms with Crippen molar-refractivity contribution in [1.82, 2.24) is 0 Å². The summed E-state index contributed by atoms with van der Waals surface area (Å²) >= 11 is 0. The van der Waals surface area contributed by atoms with Crippen LogP contribution in [0.2, 0.25) is 0 Å². The SMILES string of the molecule is NCC1CC1c1ccc(N2CCCC2)cc1. The maximum Gasteiger partial charge on any atom is 0.0366 e. The van der Waals surface area contributed by atoms with E-state index in [4.69, 9.17) is 5.73 Å². The Morgan fingerprint density at radius 1 is 1.12 bits per heavy atom. The van der Waals surface area contributed by atoms with Gasteiger partial charge >= 0.3 is 0 Å². The highest BCUT2D eigenvalue weighted by Gasteiger charge is 2.36. The van der Waals surface area contributed by atoms with Gasteiger partial charge in [-0.05, 0) is 55.3 Å². The van der Waals surface area contributed by atoms with Gasteiger partial charge in [-0.1, -0.05) is 12.1 Å². The van der Waals surface area contributed by atoms with Crippen LogP contribution in [0.4, 0.5) is 5.69 Å². The highest BCUT2D eigenvalue weighted by molar-refractivity contribution is 5.49. The monoisotopic (exact) mass is 216 g/mol. The van der Waals surface area contributed by atoms with E-state index in [9.17, 15) is 0 Å². The predicted molar refractivity (Wildman–Crippen MR) is 67.8 cm³/mol. The van der Waals surface area contributed by atoms with E-state index in [1.807, 2.05) is 0 Å². The van der Waals surface area contributed by atoms with Crippen LogP contribution in [-0.2, 0) is 0 Å². The van der Waals surface area contributed by atoms with E-state index in [2.05, 4.69) is 29.2 Å². The molecule has 2 heteroatoms. The summed E-state index contributed by atoms with van der Waals surface area (Å²) < 4.78 is 0. The fraction of sp³-hybridized carbons (Fsp3) is 0.571. The Hall–Kier alpha value is -1.02. The van der Waals surface area contributed by atoms with Crippen molar-refractivity contribution < 1.29 is 0 Å². The molecule has 0 aromatic heterocycles. The maximum absolute atomic E-state index is 5.68. The lowest BCUT2D eigenvalue weighted by Gasteiger charge is -2.17. The first kappa shape index (κ1) is 10.2. The van der Waals surface area contributed by atoms with Crippen molar-refractivity contribution in [2.75, 3.05) is 24.5 Å². The summed E-state index contributed by atoms with van der Waals surface area (Å²) in [4.78, 5) is 2.48. The molecule has 2 N–H and O–H groups in total. The van der Waals surface area contributed by atoms with Crippen LogP contribution in [0.3, 0.4) is 0 Å². The topological polar surface area (TPSA) is 29.3 Å². The number of nitrogens with zero attached hydrogens (tertiary/aromatic N) is 1. The van der Waals surface area contributed by atoms with Crippen LogP contribution in [0.5, 0.6) is 0 Å². The lowest BCUT2D eigenvalue weighted by atomic mass is 10.1. The second kappa shape index (κ2) is 4.10. The van der Waals surface area contributed by atoms with Crippen LogP contribution in [0.1, 0.15) is 30.7 Å². The molecule has 2 unspecified atom stereocenters. The molecule has 2 nitrogen and oxygen atoms in total. The van der Waals surface area contributed by atoms with Crippen molar-refractivity contribution in [1.29, 1.82) is 0 Å². The summed E-state index contributed by atoms with van der Waals surface area (Å²) in [5.41, 5.74) is 8.56. The normalized spacial score (nSPS) is 28.4. The smallest absolute Gasteiger partial charge is 0.0366 e. The molecule has 0 amide bonds. The molecule has 0 spiro atoms. The quantitative estimate of drug-likeness (QED) is 0.840. The van der Waals surface area contributed by atoms with Gasteiger partial charge in [-0.3, -0.25) is 0 Å². The summed E-state index contributed by atoms with van der Waals surface area (Å²) in [5.74, 6) is 1.50. The zero-order chi connectivity index (χ0) is 11.0. The first-order valence-electron chi connectivity index (χ1n) is 6.43. The van der Waals surface area contributed by atoms with Gasteiger partial charge in [-0.25, -0.2) is 0 Å². The Kier molecular flexibility index (Phi) is 2.60. The van der Waals surface area contributed by atoms with E-state index in [-0.39, 0.29) is 0 Å². The minimum Gasteiger partial charge on any atom is -0.372 e. The molecule has 16 heavy (non-hydrogen) atoms. The molecule has 0 radical (unpaired) electrons. The summed E-state index contributed by atoms with van der Waals surface area (Å²) in [7, 11) is 0. The first-order chi connectivity index (χ1) is 7.88. The van der Waals surface area contributed by atoms with Crippen LogP contribution in [0.15, 0.2) is 24.3 Å². The Balaban J connectivity index is 1.70. The van der Waals surface area contributed by atoms with Gasteiger partial charge in [0.05, 0.1) is 0 Å². The van der Waals surface area contributed by atoms with Crippen molar-refractivity contribution in [3.63, 3.8) is 0 Å². The second-order valence-corrected chi connectivity index (χ2v) is 5.12. The number of anilines is 1. The molecular formula is C14H20N2. The number of nitrogens with two attached hydrogens (primary N) is 1. The highest BCUT2D eigenvalue weighted by Crippen LogP contribution is 2.46. The highest BCUT2D eigenvalue weighted by atomic mass is 15.1. The fourth-order valence-electron chi connectivity index (χ4n) is 2.82. The van der Waals surface area contributed by atoms with Crippen molar-refractivity contribution >= 4 is 5.69 Å². The molecule has 1 saturated carbocycles. The first-order valence-corrected chi connectivity index (χ1v) is 6.43. The number of hydrogen-bond donors (Lipinski definition) is 1. The third kappa shape index (κ3) is 1.82. The average molecular weight is 216 g/mol. The third-order valence-electron chi connectivity index (χ3n) is 4.02. The molecule has 86 valence electrons. The summed E-state index contributed by atoms with van der Waals surface area (Å²) in [6.45, 7) is 3.31. The van der Waals surface area contributed by atoms with E-state index in [0.717, 1.165) is 18.4 Å². The van der Waals surface area contributed by atoms with Gasteiger partial charge in [-0.2, -0.15) is 0 Å². The number of hydrogen-bond acceptors (Lipinski definition) is 2. The van der Waals surface area contributed by atoms with Gasteiger partial charge in [0.25, 0.3) is 0 Å². The molecule has 1 aliphatic heterocycles. The Labute approximate surface area is 97.4 Å². The van der Waals surface area contributed by atoms with Gasteiger partial charge in [0.1, 0.15) is 0 Å². The van der Waals surface area contributed by atoms with Crippen LogP contribution in [0.25, 0.3) is 0 Å². The van der Waals surface area contributed by atoms with Crippen molar-refractivity contribution in [2.24, 2.45) is 11.7 Å². The summed E-state index contributed by atoms with van der Waals surface area (Å²) in [6, 6.07) is 9.17. The number of benzene rings is 1. The van der Waals surface area contributed by atoms with Crippen molar-refractivity contribution in [3.8, 4) is 0 Å². The summed E-state index contributed by atoms with van der Waals surface area (Å²) in [5, 5.41) is 0. The molecule has 3 rings (SSSR count). The molecular weight excluding hydrogens is 196 g/mol. The largest absolute Gasteiger partial charge is 0.372 e. The molecule has 1 heterocycles. The average Bonchev–Trinajstić information content (AvgIpc) is 2.93. The van der Waals surface area contributed by atoms with Gasteiger partial charge in [-0.15, -0.1) is 0 Å². The number of rotatable bonds is 3. The summed E-state index contributed by atoms with van der Waals surface area (Å²) in [6.07, 6.45) is 3.98. The van der Waals surface area contributed by atoms with Gasteiger partial charge < -0.3 is 10.6 Å². The molecule has 2 aliphatic rings. The molecule has 0 bridgehead atoms. The zero-order valence-electron chi connectivity index (χ0n) is 9.73. The maximum atomic E-state index is 5.68. The Bertz CT molecular complexity index is 352. The fourth-order valence-corrected chi connectivity index (χ4v) is 2.82. The molecule has 2 atom stereocenters. The molecule has 1 aromatic carbocycles. The molecule has 1 aromatic rings. The second-order valence-electron chi connectivity index (χ2n) is 5.12. The lowest BCUT2D eigenvalue weighted by Crippen LogP contribution is -2.17. The molecule has 1 saturated heterocycles. The molecule has 1 aliphatic carbocycles. The van der Waals surface area contributed by atoms with Crippen LogP contribution in [-0.4, -0.2) is 19.6 Å². The predicted octanol–water partition coefficient (Wildman–Crippen LogP) is 2.35. The molecule has 2 fully saturated rings. The Morgan fingerprint density at radius 3 is 2.38 bits per heavy atom. The third-order valence-corrected chi connectivity index (χ3v) is 4.02. The standard InChI is InChI=1S/C14H20N2/c15-10-12-9-14(12)11-3-5-13(6-4-11)16-7-1-2-8-16/h3-6,12,14H,1-2,7-10,15H2. The Morgan fingerprint density at radius 2 is 1.81 bits per heavy atom. The van der Waals surface area contributed by atoms with Gasteiger partial charge in [0, 0.05) is 18.8 Å². The minimum absolute atomic E-state index is 0.748. The minimum atomic E-state index is 0.748. The van der Waals surface area contributed by atoms with Crippen molar-refractivity contribution in [2.45, 2.75) is 25.2 Å². The van der Waals surface area contributed by atoms with E-state index in [0.29, 0.717) is 0 Å². The van der Waals surface area contributed by atoms with Crippen LogP contribution >= 0.6 is 0 Å². The van der Waals surface area contributed by atoms with Gasteiger partial charge in [0.15, 0.2) is 0 Å². The lowest BCUT2D eigenvalue weighted by molar-refractivity contribution is 0.809. The van der Waals surface area contributed by atoms with Gasteiger partial charge in [0.2, 0.25) is 0 Å². The van der Waals surface area contributed by atoms with Crippen LogP contribution < -0.4 is 10.6 Å². The van der Waals surface area contributed by atoms with E-state index in [1.165, 1.54) is 43.6 Å². The van der Waals surface area contributed by atoms with E-state index < -0.39 is 0 Å². The van der Waals surface area contributed by atoms with Crippen molar-refractivity contribution in [3.05, 3.63) is 29.8 Å². The zero-order valence-corrected chi connectivity index (χ0v) is 9.73. The van der Waals surface area contributed by atoms with E-state index >= 15 is 0 Å². The van der Waals surface area contributed by atoms with Crippen LogP contribution in [0, 0.1) is 5.92 Å². The van der Waals surface area contributed by atoms with E-state index in [1.54, 1.807) is 0 Å².